The molecule has 10 nitrogen and oxygen atoms in total. The molecule has 0 unspecified atom stereocenters. The van der Waals surface area contributed by atoms with Gasteiger partial charge in [0.25, 0.3) is 0 Å². The van der Waals surface area contributed by atoms with Crippen LogP contribution in [0.25, 0.3) is 0 Å². The maximum Gasteiger partial charge on any atom is 0.245 e. The van der Waals surface area contributed by atoms with Crippen molar-refractivity contribution in [3.05, 3.63) is 30.3 Å². The number of amides is 3. The molecule has 0 spiro atoms. The second kappa shape index (κ2) is 11.5. The number of likely N-dealkylation sites (N-methyl/N-ethyl adjacent to an activating group) is 1. The number of benzene rings is 1. The molecule has 2 saturated heterocycles. The number of nitrogens with one attached hydrogen (secondary N) is 3. The summed E-state index contributed by atoms with van der Waals surface area (Å²) in [6.45, 7) is 2.11. The maximum atomic E-state index is 14.1. The number of sulfonamides is 1. The van der Waals surface area contributed by atoms with Crippen molar-refractivity contribution >= 4 is 33.4 Å². The van der Waals surface area contributed by atoms with E-state index in [-0.39, 0.29) is 30.2 Å². The number of likely N-dealkylation sites (tertiary alicyclic amines) is 1. The van der Waals surface area contributed by atoms with Gasteiger partial charge in [-0.2, -0.15) is 4.31 Å². The summed E-state index contributed by atoms with van der Waals surface area (Å²) >= 11 is 0. The Morgan fingerprint density at radius 1 is 1.03 bits per heavy atom. The van der Waals surface area contributed by atoms with Crippen molar-refractivity contribution in [1.29, 1.82) is 0 Å². The van der Waals surface area contributed by atoms with Crippen molar-refractivity contribution in [2.75, 3.05) is 31.7 Å². The number of anilines is 1. The van der Waals surface area contributed by atoms with Gasteiger partial charge in [0.15, 0.2) is 0 Å². The van der Waals surface area contributed by atoms with Crippen molar-refractivity contribution in [3.63, 3.8) is 0 Å². The second-order valence-corrected chi connectivity index (χ2v) is 12.5. The number of nitrogens with zero attached hydrogens (tertiary/aromatic N) is 2. The van der Waals surface area contributed by atoms with E-state index in [0.717, 1.165) is 38.4 Å². The van der Waals surface area contributed by atoms with E-state index in [9.17, 15) is 22.8 Å². The predicted octanol–water partition coefficient (Wildman–Crippen LogP) is 1.16. The van der Waals surface area contributed by atoms with Crippen molar-refractivity contribution in [2.45, 2.75) is 69.6 Å². The van der Waals surface area contributed by atoms with Crippen LogP contribution in [-0.2, 0) is 24.4 Å². The van der Waals surface area contributed by atoms with Gasteiger partial charge >= 0.3 is 0 Å². The third kappa shape index (κ3) is 5.99. The van der Waals surface area contributed by atoms with Gasteiger partial charge in [-0.05, 0) is 51.3 Å². The highest BCUT2D eigenvalue weighted by Crippen LogP contribution is 2.39. The van der Waals surface area contributed by atoms with Gasteiger partial charge in [-0.1, -0.05) is 37.5 Å². The topological polar surface area (TPSA) is 128 Å². The van der Waals surface area contributed by atoms with Gasteiger partial charge in [0.05, 0.1) is 24.3 Å². The molecule has 4 rings (SSSR count). The van der Waals surface area contributed by atoms with Crippen LogP contribution in [0.3, 0.4) is 0 Å². The van der Waals surface area contributed by atoms with Crippen LogP contribution >= 0.6 is 0 Å². The van der Waals surface area contributed by atoms with Crippen LogP contribution in [0.4, 0.5) is 5.69 Å². The monoisotopic (exact) mass is 533 g/mol. The molecule has 2 aliphatic heterocycles. The van der Waals surface area contributed by atoms with Gasteiger partial charge in [0.2, 0.25) is 27.7 Å². The van der Waals surface area contributed by atoms with Gasteiger partial charge < -0.3 is 20.9 Å². The summed E-state index contributed by atoms with van der Waals surface area (Å²) in [6.07, 6.45) is 6.41. The SMILES string of the molecule is CN[C@H](C)C(=O)N[C@H](C(=O)N1CC[C@@H]2[C@H]1[C@@H](C(=O)Nc1ccccc1)CN2S(C)(=O)=O)C1CCCCC1. The molecule has 37 heavy (non-hydrogen) atoms. The Hall–Kier alpha value is -2.50. The summed E-state index contributed by atoms with van der Waals surface area (Å²) in [4.78, 5) is 42.0. The molecule has 204 valence electrons. The van der Waals surface area contributed by atoms with Gasteiger partial charge in [-0.25, -0.2) is 8.42 Å². The van der Waals surface area contributed by atoms with Crippen molar-refractivity contribution in [3.8, 4) is 0 Å². The molecular weight excluding hydrogens is 494 g/mol. The Morgan fingerprint density at radius 3 is 2.32 bits per heavy atom. The minimum Gasteiger partial charge on any atom is -0.343 e. The fourth-order valence-electron chi connectivity index (χ4n) is 6.11. The number of fused-ring (bicyclic) bond motifs is 1. The zero-order valence-electron chi connectivity index (χ0n) is 21.9. The Bertz CT molecular complexity index is 1090. The van der Waals surface area contributed by atoms with Crippen LogP contribution in [0.2, 0.25) is 0 Å². The van der Waals surface area contributed by atoms with Gasteiger partial charge in [0, 0.05) is 24.8 Å². The molecule has 3 amide bonds. The third-order valence-electron chi connectivity index (χ3n) is 8.18. The maximum absolute atomic E-state index is 14.1. The van der Waals surface area contributed by atoms with Crippen molar-refractivity contribution < 1.29 is 22.8 Å². The zero-order valence-corrected chi connectivity index (χ0v) is 22.7. The summed E-state index contributed by atoms with van der Waals surface area (Å²) in [6, 6.07) is 6.80. The highest BCUT2D eigenvalue weighted by atomic mass is 32.2. The molecular formula is C26H39N5O5S. The van der Waals surface area contributed by atoms with Gasteiger partial charge in [-0.3, -0.25) is 14.4 Å². The molecule has 5 atom stereocenters. The fraction of sp³-hybridized carbons (Fsp3) is 0.654. The lowest BCUT2D eigenvalue weighted by molar-refractivity contribution is -0.140. The van der Waals surface area contributed by atoms with E-state index in [1.54, 1.807) is 31.0 Å². The van der Waals surface area contributed by atoms with Gasteiger partial charge in [-0.15, -0.1) is 0 Å². The lowest BCUT2D eigenvalue weighted by atomic mass is 9.83. The third-order valence-corrected chi connectivity index (χ3v) is 9.45. The molecule has 1 aromatic rings. The van der Waals surface area contributed by atoms with E-state index in [0.29, 0.717) is 18.7 Å². The molecule has 1 aromatic carbocycles. The van der Waals surface area contributed by atoms with Crippen LogP contribution in [0.15, 0.2) is 30.3 Å². The smallest absolute Gasteiger partial charge is 0.245 e. The number of rotatable bonds is 8. The van der Waals surface area contributed by atoms with E-state index < -0.39 is 40.1 Å². The van der Waals surface area contributed by atoms with Gasteiger partial charge in [0.1, 0.15) is 6.04 Å². The number of para-hydroxylation sites is 1. The molecule has 3 N–H and O–H groups in total. The fourth-order valence-corrected chi connectivity index (χ4v) is 7.26. The first-order chi connectivity index (χ1) is 17.6. The number of hydrogen-bond donors (Lipinski definition) is 3. The second-order valence-electron chi connectivity index (χ2n) is 10.6. The van der Waals surface area contributed by atoms with Crippen LogP contribution in [0, 0.1) is 11.8 Å². The quantitative estimate of drug-likeness (QED) is 0.460. The average molecular weight is 534 g/mol. The first kappa shape index (κ1) is 27.5. The van der Waals surface area contributed by atoms with Crippen LogP contribution in [0.1, 0.15) is 45.4 Å². The number of carbonyl (C=O) groups is 3. The molecule has 0 bridgehead atoms. The summed E-state index contributed by atoms with van der Waals surface area (Å²) < 4.78 is 26.7. The molecule has 3 fully saturated rings. The summed E-state index contributed by atoms with van der Waals surface area (Å²) in [5, 5.41) is 8.82. The zero-order chi connectivity index (χ0) is 26.7. The lowest BCUT2D eigenvalue weighted by Gasteiger charge is -2.36. The number of hydrogen-bond acceptors (Lipinski definition) is 6. The molecule has 11 heteroatoms. The van der Waals surface area contributed by atoms with Crippen molar-refractivity contribution in [1.82, 2.24) is 19.8 Å². The van der Waals surface area contributed by atoms with E-state index >= 15 is 0 Å². The van der Waals surface area contributed by atoms with E-state index in [1.165, 1.54) is 4.31 Å². The first-order valence-corrected chi connectivity index (χ1v) is 15.1. The average Bonchev–Trinajstić information content (AvgIpc) is 3.48. The normalized spacial score (nSPS) is 26.4. The standard InChI is InChI=1S/C26H39N5O5S/c1-17(27-2)24(32)29-22(18-10-6-4-7-11-18)26(34)30-15-14-21-23(30)20(16-31(21)37(3,35)36)25(33)28-19-12-8-5-9-13-19/h5,8-9,12-13,17-18,20-23,27H,4,6-7,10-11,14-16H2,1-3H3,(H,28,33)(H,29,32)/t17-,20+,21-,22+,23-/m1/s1. The Morgan fingerprint density at radius 2 is 1.70 bits per heavy atom. The molecule has 2 heterocycles. The number of carbonyl (C=O) groups excluding carboxylic acids is 3. The lowest BCUT2D eigenvalue weighted by Crippen LogP contribution is -2.58. The van der Waals surface area contributed by atoms with Crippen LogP contribution in [-0.4, -0.2) is 85.9 Å². The van der Waals surface area contributed by atoms with Crippen LogP contribution in [0.5, 0.6) is 0 Å². The largest absolute Gasteiger partial charge is 0.343 e. The minimum atomic E-state index is -3.58. The predicted molar refractivity (Wildman–Crippen MR) is 141 cm³/mol. The highest BCUT2D eigenvalue weighted by Gasteiger charge is 2.56. The van der Waals surface area contributed by atoms with E-state index in [4.69, 9.17) is 0 Å². The van der Waals surface area contributed by atoms with Crippen molar-refractivity contribution in [2.24, 2.45) is 11.8 Å². The highest BCUT2D eigenvalue weighted by molar-refractivity contribution is 7.88. The Labute approximate surface area is 219 Å². The minimum absolute atomic E-state index is 0.0114. The van der Waals surface area contributed by atoms with Crippen LogP contribution < -0.4 is 16.0 Å². The van der Waals surface area contributed by atoms with E-state index in [2.05, 4.69) is 16.0 Å². The summed E-state index contributed by atoms with van der Waals surface area (Å²) in [5.74, 6) is -1.48. The Balaban J connectivity index is 1.62. The van der Waals surface area contributed by atoms with E-state index in [1.807, 2.05) is 18.2 Å². The molecule has 0 radical (unpaired) electrons. The molecule has 1 saturated carbocycles. The summed E-state index contributed by atoms with van der Waals surface area (Å²) in [5.41, 5.74) is 0.617. The first-order valence-electron chi connectivity index (χ1n) is 13.2. The molecule has 1 aliphatic carbocycles. The molecule has 0 aromatic heterocycles. The molecule has 3 aliphatic rings. The Kier molecular flexibility index (Phi) is 8.55. The summed E-state index contributed by atoms with van der Waals surface area (Å²) in [7, 11) is -1.89.